The third-order valence-electron chi connectivity index (χ3n) is 5.43. The van der Waals surface area contributed by atoms with E-state index in [2.05, 4.69) is 20.3 Å². The normalized spacial score (nSPS) is 24.1. The van der Waals surface area contributed by atoms with Crippen LogP contribution in [0.5, 0.6) is 0 Å². The van der Waals surface area contributed by atoms with Crippen LogP contribution >= 0.6 is 0 Å². The maximum Gasteiger partial charge on any atom is 0.275 e. The zero-order valence-electron chi connectivity index (χ0n) is 17.7. The van der Waals surface area contributed by atoms with Crippen molar-refractivity contribution in [3.63, 3.8) is 0 Å². The molecule has 0 unspecified atom stereocenters. The first kappa shape index (κ1) is 24.1. The number of amides is 1. The van der Waals surface area contributed by atoms with Gasteiger partial charge in [0.25, 0.3) is 12.3 Å². The van der Waals surface area contributed by atoms with Crippen molar-refractivity contribution in [1.29, 1.82) is 5.26 Å². The Kier molecular flexibility index (Phi) is 5.93. The first-order valence-electron chi connectivity index (χ1n) is 9.46. The van der Waals surface area contributed by atoms with Gasteiger partial charge in [-0.1, -0.05) is 0 Å². The molecule has 9 nitrogen and oxygen atoms in total. The van der Waals surface area contributed by atoms with E-state index >= 15 is 0 Å². The Balaban J connectivity index is 2.01. The molecule has 2 aromatic heterocycles. The van der Waals surface area contributed by atoms with Crippen molar-refractivity contribution in [2.45, 2.75) is 37.5 Å². The summed E-state index contributed by atoms with van der Waals surface area (Å²) in [6.45, 7) is 3.53. The number of anilines is 1. The van der Waals surface area contributed by atoms with Crippen LogP contribution in [-0.2, 0) is 15.4 Å². The number of hydrogen-bond acceptors (Lipinski definition) is 8. The second-order valence-electron chi connectivity index (χ2n) is 7.92. The fraction of sp³-hybridized carbons (Fsp3) is 0.350. The van der Waals surface area contributed by atoms with Gasteiger partial charge in [-0.15, -0.1) is 0 Å². The van der Waals surface area contributed by atoms with E-state index in [0.29, 0.717) is 5.56 Å². The van der Waals surface area contributed by atoms with Gasteiger partial charge < -0.3 is 11.1 Å². The lowest BCUT2D eigenvalue weighted by atomic mass is 9.98. The molecule has 13 heteroatoms. The molecule has 1 amide bonds. The molecule has 0 spiro atoms. The minimum absolute atomic E-state index is 0.0110. The van der Waals surface area contributed by atoms with Crippen LogP contribution in [0.4, 0.5) is 19.0 Å². The fourth-order valence-electron chi connectivity index (χ4n) is 3.40. The second-order valence-corrected chi connectivity index (χ2v) is 10.3. The van der Waals surface area contributed by atoms with Crippen LogP contribution in [0.1, 0.15) is 41.2 Å². The predicted octanol–water partition coefficient (Wildman–Crippen LogP) is 2.07. The van der Waals surface area contributed by atoms with Gasteiger partial charge in [0.2, 0.25) is 0 Å². The van der Waals surface area contributed by atoms with Crippen molar-refractivity contribution in [2.24, 2.45) is 10.7 Å². The van der Waals surface area contributed by atoms with Gasteiger partial charge in [0.1, 0.15) is 40.5 Å². The summed E-state index contributed by atoms with van der Waals surface area (Å²) >= 11 is 0. The number of halogens is 3. The van der Waals surface area contributed by atoms with Crippen molar-refractivity contribution in [2.75, 3.05) is 11.1 Å². The van der Waals surface area contributed by atoms with Gasteiger partial charge in [-0.2, -0.15) is 5.26 Å². The molecule has 0 radical (unpaired) electrons. The topological polar surface area (TPSA) is 151 Å². The first-order valence-corrected chi connectivity index (χ1v) is 11.1. The molecule has 174 valence electrons. The summed E-state index contributed by atoms with van der Waals surface area (Å²) in [4.78, 5) is 24.4. The number of aryl methyl sites for hydroxylation is 1. The average molecular weight is 480 g/mol. The minimum atomic E-state index is -4.57. The summed E-state index contributed by atoms with van der Waals surface area (Å²) in [6, 6.07) is 5.41. The number of rotatable bonds is 4. The van der Waals surface area contributed by atoms with Gasteiger partial charge in [-0.25, -0.2) is 31.6 Å². The SMILES string of the molecule is Cc1cc(C#N)cnc1C(=O)Nc1ccc(F)c([C@]2(C)CS(=O)(=O)[C@](C)(C(F)F)C(N)=N2)n1. The summed E-state index contributed by atoms with van der Waals surface area (Å²) < 4.78 is 64.4. The van der Waals surface area contributed by atoms with Crippen LogP contribution < -0.4 is 11.1 Å². The van der Waals surface area contributed by atoms with Gasteiger partial charge in [0, 0.05) is 6.20 Å². The molecular weight excluding hydrogens is 461 g/mol. The maximum atomic E-state index is 14.7. The highest BCUT2D eigenvalue weighted by Gasteiger charge is 2.58. The summed E-state index contributed by atoms with van der Waals surface area (Å²) in [5.41, 5.74) is 3.87. The molecule has 1 aliphatic rings. The van der Waals surface area contributed by atoms with Crippen molar-refractivity contribution in [3.8, 4) is 6.07 Å². The highest BCUT2D eigenvalue weighted by atomic mass is 32.2. The molecule has 1 aliphatic heterocycles. The van der Waals surface area contributed by atoms with Crippen LogP contribution in [0.3, 0.4) is 0 Å². The smallest absolute Gasteiger partial charge is 0.275 e. The Morgan fingerprint density at radius 2 is 2.00 bits per heavy atom. The monoisotopic (exact) mass is 480 g/mol. The molecular formula is C20H19F3N6O3S. The number of sulfone groups is 1. The lowest BCUT2D eigenvalue weighted by Crippen LogP contribution is -2.60. The van der Waals surface area contributed by atoms with Crippen LogP contribution in [0.2, 0.25) is 0 Å². The Morgan fingerprint density at radius 3 is 2.55 bits per heavy atom. The van der Waals surface area contributed by atoms with E-state index in [9.17, 15) is 26.4 Å². The highest BCUT2D eigenvalue weighted by molar-refractivity contribution is 7.93. The van der Waals surface area contributed by atoms with Crippen molar-refractivity contribution >= 4 is 27.4 Å². The summed E-state index contributed by atoms with van der Waals surface area (Å²) in [6.07, 6.45) is -2.14. The third-order valence-corrected chi connectivity index (χ3v) is 8.05. The van der Waals surface area contributed by atoms with Crippen LogP contribution in [0.15, 0.2) is 29.4 Å². The molecule has 0 bridgehead atoms. The molecule has 3 rings (SSSR count). The fourth-order valence-corrected chi connectivity index (χ4v) is 5.27. The predicted molar refractivity (Wildman–Crippen MR) is 113 cm³/mol. The Hall–Kier alpha value is -3.53. The van der Waals surface area contributed by atoms with Crippen LogP contribution in [0, 0.1) is 24.1 Å². The number of aromatic nitrogens is 2. The van der Waals surface area contributed by atoms with E-state index in [1.807, 2.05) is 6.07 Å². The number of nitriles is 1. The maximum absolute atomic E-state index is 14.7. The van der Waals surface area contributed by atoms with Gasteiger partial charge in [-0.3, -0.25) is 9.79 Å². The number of amidine groups is 1. The number of carbonyl (C=O) groups excluding carboxylic acids is 1. The Morgan fingerprint density at radius 1 is 1.33 bits per heavy atom. The number of nitrogens with two attached hydrogens (primary N) is 1. The molecule has 0 aliphatic carbocycles. The van der Waals surface area contributed by atoms with E-state index in [1.54, 1.807) is 6.92 Å². The van der Waals surface area contributed by atoms with E-state index in [4.69, 9.17) is 11.0 Å². The molecule has 33 heavy (non-hydrogen) atoms. The Bertz CT molecular complexity index is 1320. The Labute approximate surface area is 187 Å². The molecule has 2 atom stereocenters. The molecule has 0 aromatic carbocycles. The summed E-state index contributed by atoms with van der Waals surface area (Å²) in [7, 11) is -4.57. The molecule has 3 heterocycles. The largest absolute Gasteiger partial charge is 0.386 e. The van der Waals surface area contributed by atoms with E-state index in [0.717, 1.165) is 19.1 Å². The molecule has 3 N–H and O–H groups in total. The van der Waals surface area contributed by atoms with Crippen LogP contribution in [0.25, 0.3) is 0 Å². The highest BCUT2D eigenvalue weighted by Crippen LogP contribution is 2.40. The zero-order chi connectivity index (χ0) is 24.8. The number of alkyl halides is 2. The van der Waals surface area contributed by atoms with Gasteiger partial charge >= 0.3 is 0 Å². The standard InChI is InChI=1S/C20H19F3N6O3S/c1-10-6-11(7-24)8-26-14(10)16(30)28-13-5-4-12(21)15(27-13)19(2)9-33(31,32)20(3,17(22)23)18(25)29-19/h4-6,8,17H,9H2,1-3H3,(H2,25,29)(H,27,28,30)/t19-,20+/m0/s1. The van der Waals surface area contributed by atoms with Crippen molar-refractivity contribution in [3.05, 3.63) is 52.7 Å². The summed E-state index contributed by atoms with van der Waals surface area (Å²) in [5, 5.41) is 11.3. The number of carbonyl (C=O) groups is 1. The van der Waals surface area contributed by atoms with Crippen molar-refractivity contribution < 1.29 is 26.4 Å². The van der Waals surface area contributed by atoms with E-state index < -0.39 is 55.6 Å². The van der Waals surface area contributed by atoms with Gasteiger partial charge in [-0.05, 0) is 44.5 Å². The quantitative estimate of drug-likeness (QED) is 0.680. The number of nitrogens with one attached hydrogen (secondary N) is 1. The third kappa shape index (κ3) is 4.02. The first-order chi connectivity index (χ1) is 15.2. The number of aliphatic imine (C=N–C) groups is 1. The molecule has 0 fully saturated rings. The average Bonchev–Trinajstić information content (AvgIpc) is 2.72. The molecule has 0 saturated carbocycles. The number of nitrogens with zero attached hydrogens (tertiary/aromatic N) is 4. The van der Waals surface area contributed by atoms with Crippen LogP contribution in [-0.4, -0.2) is 47.1 Å². The van der Waals surface area contributed by atoms with E-state index in [-0.39, 0.29) is 17.1 Å². The minimum Gasteiger partial charge on any atom is -0.386 e. The second kappa shape index (κ2) is 8.11. The van der Waals surface area contributed by atoms with E-state index in [1.165, 1.54) is 19.2 Å². The lowest BCUT2D eigenvalue weighted by Gasteiger charge is -2.38. The number of pyridine rings is 2. The molecule has 0 saturated heterocycles. The summed E-state index contributed by atoms with van der Waals surface area (Å²) in [5.74, 6) is -3.66. The van der Waals surface area contributed by atoms with Gasteiger partial charge in [0.15, 0.2) is 14.6 Å². The van der Waals surface area contributed by atoms with Crippen molar-refractivity contribution in [1.82, 2.24) is 9.97 Å². The zero-order valence-corrected chi connectivity index (χ0v) is 18.5. The van der Waals surface area contributed by atoms with Gasteiger partial charge in [0.05, 0.1) is 11.3 Å². The molecule has 2 aromatic rings. The number of hydrogen-bond donors (Lipinski definition) is 2. The lowest BCUT2D eigenvalue weighted by molar-refractivity contribution is 0.102.